The van der Waals surface area contributed by atoms with Gasteiger partial charge in [0.1, 0.15) is 14.6 Å². The van der Waals surface area contributed by atoms with E-state index in [1.807, 2.05) is 12.1 Å². The largest absolute Gasteiger partial charge is 0.477 e. The van der Waals surface area contributed by atoms with Crippen LogP contribution in [0.15, 0.2) is 173 Å². The lowest BCUT2D eigenvalue weighted by Gasteiger charge is -2.04. The van der Waals surface area contributed by atoms with Gasteiger partial charge in [-0.05, 0) is 110 Å². The SMILES string of the molecule is CC(=O)c1ccc(C(=O)O)s1.NC(=O)c1ccc(-c2cc(-c3ccccc3Cl)nc(=O)[nH]2)s1.NC(N)=O.NC=O.O=C(O)c1ccc(-c2cc(-c3ccccc3Cl)nc(=O)[nH]2)s1.O=C(O)c1ccc(C(=O)/C=C/c2ccccc2Cl)s1.O=Cc1ccccc1Cl. The molecule has 0 unspecified atom stereocenters. The Morgan fingerprint density at radius 2 is 0.822 bits per heavy atom. The van der Waals surface area contributed by atoms with Crippen molar-refractivity contribution >= 4 is 152 Å². The first-order valence-electron chi connectivity index (χ1n) is 24.8. The van der Waals surface area contributed by atoms with Crippen molar-refractivity contribution in [3.63, 3.8) is 0 Å². The molecule has 10 aromatic rings. The maximum Gasteiger partial charge on any atom is 0.345 e. The van der Waals surface area contributed by atoms with Gasteiger partial charge in [0.05, 0.1) is 52.2 Å². The molecular formula is C60H46Cl4N8O14S4. The number of ketones is 2. The zero-order chi connectivity index (χ0) is 66.6. The van der Waals surface area contributed by atoms with Gasteiger partial charge in [-0.3, -0.25) is 24.0 Å². The highest BCUT2D eigenvalue weighted by Crippen LogP contribution is 2.33. The minimum absolute atomic E-state index is 0.0949. The van der Waals surface area contributed by atoms with Gasteiger partial charge in [0.2, 0.25) is 6.41 Å². The van der Waals surface area contributed by atoms with Gasteiger partial charge < -0.3 is 48.2 Å². The van der Waals surface area contributed by atoms with Crippen LogP contribution in [0.3, 0.4) is 0 Å². The van der Waals surface area contributed by atoms with Gasteiger partial charge in [0.25, 0.3) is 5.91 Å². The summed E-state index contributed by atoms with van der Waals surface area (Å²) in [7, 11) is 0. The number of aromatic nitrogens is 4. The first-order valence-corrected chi connectivity index (χ1v) is 29.5. The number of Topliss-reactive ketones (excluding diaryl/α,β-unsaturated/α-hetero) is 1. The van der Waals surface area contributed by atoms with E-state index in [1.165, 1.54) is 54.7 Å². The predicted octanol–water partition coefficient (Wildman–Crippen LogP) is 12.4. The maximum absolute atomic E-state index is 11.9. The summed E-state index contributed by atoms with van der Waals surface area (Å²) >= 11 is 28.1. The summed E-state index contributed by atoms with van der Waals surface area (Å²) in [6.07, 6.45) is 3.99. The third kappa shape index (κ3) is 23.2. The molecule has 0 saturated heterocycles. The van der Waals surface area contributed by atoms with Crippen molar-refractivity contribution < 1.29 is 58.5 Å². The monoisotopic (exact) mass is 1370 g/mol. The number of nitrogens with two attached hydrogens (primary N) is 4. The molecule has 0 saturated carbocycles. The number of nitrogens with zero attached hydrogens (tertiary/aromatic N) is 2. The Bertz CT molecular complexity index is 4180. The van der Waals surface area contributed by atoms with Crippen LogP contribution in [0.4, 0.5) is 4.79 Å². The van der Waals surface area contributed by atoms with Crippen LogP contribution in [0.1, 0.15) is 80.9 Å². The van der Waals surface area contributed by atoms with E-state index < -0.39 is 41.2 Å². The van der Waals surface area contributed by atoms with Crippen LogP contribution in [0.25, 0.3) is 49.7 Å². The Labute approximate surface area is 545 Å². The Kier molecular flexibility index (Phi) is 29.2. The Morgan fingerprint density at radius 3 is 1.17 bits per heavy atom. The smallest absolute Gasteiger partial charge is 0.345 e. The van der Waals surface area contributed by atoms with E-state index in [4.69, 9.17) is 77.0 Å². The van der Waals surface area contributed by atoms with Crippen LogP contribution in [0.5, 0.6) is 0 Å². The molecule has 90 heavy (non-hydrogen) atoms. The highest BCUT2D eigenvalue weighted by Gasteiger charge is 2.15. The number of carboxylic acids is 3. The Morgan fingerprint density at radius 1 is 0.478 bits per heavy atom. The quantitative estimate of drug-likeness (QED) is 0.0294. The number of carbonyl (C=O) groups is 9. The fourth-order valence-electron chi connectivity index (χ4n) is 6.66. The fraction of sp³-hybridized carbons (Fsp3) is 0.0167. The Balaban J connectivity index is 0.000000241. The molecule has 10 rings (SSSR count). The lowest BCUT2D eigenvalue weighted by molar-refractivity contribution is -0.106. The van der Waals surface area contributed by atoms with Crippen molar-refractivity contribution in [2.75, 3.05) is 0 Å². The number of H-pyrrole nitrogens is 2. The van der Waals surface area contributed by atoms with Crippen LogP contribution in [-0.4, -0.2) is 89.4 Å². The van der Waals surface area contributed by atoms with Gasteiger partial charge in [0, 0.05) is 31.8 Å². The van der Waals surface area contributed by atoms with Crippen molar-refractivity contribution in [2.45, 2.75) is 6.92 Å². The number of carboxylic acid groups (broad SMARTS) is 3. The topological polar surface area (TPSA) is 410 Å². The first-order chi connectivity index (χ1) is 42.8. The van der Waals surface area contributed by atoms with Crippen molar-refractivity contribution in [1.29, 1.82) is 0 Å². The number of aldehydes is 1. The second-order valence-electron chi connectivity index (χ2n) is 16.8. The summed E-state index contributed by atoms with van der Waals surface area (Å²) < 4.78 is 0. The summed E-state index contributed by atoms with van der Waals surface area (Å²) in [6, 6.07) is 43.3. The molecule has 0 aliphatic carbocycles. The number of thiophene rings is 4. The molecule has 4 amide bonds. The number of halogens is 4. The highest BCUT2D eigenvalue weighted by atomic mass is 35.5. The van der Waals surface area contributed by atoms with Crippen molar-refractivity contribution in [1.82, 2.24) is 19.9 Å². The zero-order valence-corrected chi connectivity index (χ0v) is 52.3. The molecule has 0 aliphatic rings. The van der Waals surface area contributed by atoms with Crippen molar-refractivity contribution in [3.05, 3.63) is 245 Å². The second kappa shape index (κ2) is 36.3. The van der Waals surface area contributed by atoms with Gasteiger partial charge in [-0.1, -0.05) is 119 Å². The predicted molar refractivity (Wildman–Crippen MR) is 351 cm³/mol. The number of primary amides is 4. The molecule has 0 atom stereocenters. The maximum atomic E-state index is 11.9. The van der Waals surface area contributed by atoms with E-state index in [-0.39, 0.29) is 32.6 Å². The van der Waals surface area contributed by atoms with Crippen molar-refractivity contribution in [3.8, 4) is 43.7 Å². The highest BCUT2D eigenvalue weighted by molar-refractivity contribution is 7.18. The normalized spacial score (nSPS) is 9.92. The van der Waals surface area contributed by atoms with Gasteiger partial charge in [-0.2, -0.15) is 9.97 Å². The number of allylic oxidation sites excluding steroid dienone is 1. The Hall–Kier alpha value is -10.0. The van der Waals surface area contributed by atoms with E-state index in [9.17, 15) is 43.2 Å². The zero-order valence-electron chi connectivity index (χ0n) is 46.0. The summed E-state index contributed by atoms with van der Waals surface area (Å²) in [5.41, 5.74) is 21.5. The van der Waals surface area contributed by atoms with E-state index in [0.29, 0.717) is 79.1 Å². The average molecular weight is 1370 g/mol. The van der Waals surface area contributed by atoms with Crippen LogP contribution in [0, 0.1) is 0 Å². The molecule has 0 fully saturated rings. The molecule has 0 radical (unpaired) electrons. The number of benzene rings is 4. The molecule has 22 nitrogen and oxygen atoms in total. The van der Waals surface area contributed by atoms with Crippen LogP contribution >= 0.6 is 91.8 Å². The third-order valence-corrected chi connectivity index (χ3v) is 16.4. The lowest BCUT2D eigenvalue weighted by Crippen LogP contribution is -2.18. The number of aromatic amines is 2. The van der Waals surface area contributed by atoms with E-state index >= 15 is 0 Å². The molecule has 0 aliphatic heterocycles. The number of hydrogen-bond donors (Lipinski definition) is 9. The second-order valence-corrected chi connectivity index (χ2v) is 22.8. The summed E-state index contributed by atoms with van der Waals surface area (Å²) in [6.45, 7) is 1.41. The van der Waals surface area contributed by atoms with Gasteiger partial charge >= 0.3 is 35.3 Å². The van der Waals surface area contributed by atoms with E-state index in [0.717, 1.165) is 50.7 Å². The number of carbonyl (C=O) groups excluding carboxylic acids is 6. The molecule has 6 heterocycles. The van der Waals surface area contributed by atoms with Crippen molar-refractivity contribution in [2.24, 2.45) is 22.9 Å². The molecule has 462 valence electrons. The third-order valence-electron chi connectivity index (χ3n) is 10.6. The molecule has 6 aromatic heterocycles. The molecule has 4 aromatic carbocycles. The number of hydrogen-bond acceptors (Lipinski definition) is 17. The minimum atomic E-state index is -1.03. The summed E-state index contributed by atoms with van der Waals surface area (Å²) in [5, 5.41) is 28.3. The molecule has 0 bridgehead atoms. The number of rotatable bonds is 13. The molecule has 13 N–H and O–H groups in total. The number of nitrogens with one attached hydrogen (secondary N) is 2. The van der Waals surface area contributed by atoms with Gasteiger partial charge in [0.15, 0.2) is 17.9 Å². The number of urea groups is 1. The van der Waals surface area contributed by atoms with Gasteiger partial charge in [-0.15, -0.1) is 45.3 Å². The number of aromatic carboxylic acids is 3. The van der Waals surface area contributed by atoms with E-state index in [1.54, 1.807) is 121 Å². The van der Waals surface area contributed by atoms with Crippen LogP contribution in [-0.2, 0) is 4.79 Å². The molecule has 30 heteroatoms. The fourth-order valence-corrected chi connectivity index (χ4v) is 10.7. The van der Waals surface area contributed by atoms with Crippen LogP contribution in [0.2, 0.25) is 20.1 Å². The average Bonchev–Trinajstić information content (AvgIpc) is 2.11. The molecular weight excluding hydrogens is 1330 g/mol. The van der Waals surface area contributed by atoms with Crippen LogP contribution < -0.4 is 34.3 Å². The summed E-state index contributed by atoms with van der Waals surface area (Å²) in [5.74, 6) is -3.85. The standard InChI is InChI=1S/C15H10ClN3O2S.C15H9ClN2O3S.C14H9ClO3S.C7H5ClO.C7H6O3S.CH4N2O.CH3NO/c16-9-4-2-1-3-8(9)10-7-11(19-15(21)18-10)12-5-6-13(22-12)14(17)20;16-9-4-2-1-3-8(9)10-7-11(18-15(21)17-10)12-5-6-13(22-12)14(19)20;15-10-4-2-1-3-9(10)5-6-11(16)12-7-8-13(19-12)14(17)18;8-7-4-2-1-3-6(7)5-9;1-4(8)5-2-3-6(11-5)7(9)10;2-1(3)4;2-1-3/h1-7H,(H2,17,20)(H,18,19,21);1-7H,(H,19,20)(H,17,18,21);1-8H,(H,17,18);1-5H;2-3H,1H3,(H,9,10);(H4,2,3,4);1H,(H2,2,3)/b;;6-5+;;;;. The minimum Gasteiger partial charge on any atom is -0.477 e. The lowest BCUT2D eigenvalue weighted by atomic mass is 10.1. The van der Waals surface area contributed by atoms with Gasteiger partial charge in [-0.25, -0.2) is 28.8 Å². The molecule has 0 spiro atoms. The number of amides is 4. The summed E-state index contributed by atoms with van der Waals surface area (Å²) in [4.78, 5) is 133. The first kappa shape index (κ1) is 72.4. The van der Waals surface area contributed by atoms with E-state index in [2.05, 4.69) is 37.1 Å².